The van der Waals surface area contributed by atoms with E-state index in [1.54, 1.807) is 0 Å². The van der Waals surface area contributed by atoms with E-state index in [2.05, 4.69) is 17.6 Å². The third kappa shape index (κ3) is 3.19. The van der Waals surface area contributed by atoms with Crippen LogP contribution in [-0.2, 0) is 9.53 Å². The topological polar surface area (TPSA) is 50.4 Å². The van der Waals surface area contributed by atoms with E-state index >= 15 is 0 Å². The van der Waals surface area contributed by atoms with Crippen LogP contribution in [0.4, 0.5) is 0 Å². The van der Waals surface area contributed by atoms with E-state index in [-0.39, 0.29) is 5.91 Å². The minimum absolute atomic E-state index is 0.100. The molecule has 4 heteroatoms. The Labute approximate surface area is 97.1 Å². The molecule has 1 amide bonds. The highest BCUT2D eigenvalue weighted by atomic mass is 16.5. The Balaban J connectivity index is 1.66. The van der Waals surface area contributed by atoms with Crippen LogP contribution in [0.3, 0.4) is 0 Å². The van der Waals surface area contributed by atoms with Gasteiger partial charge in [0.1, 0.15) is 0 Å². The van der Waals surface area contributed by atoms with Crippen molar-refractivity contribution in [2.24, 2.45) is 5.92 Å². The predicted octanol–water partition coefficient (Wildman–Crippen LogP) is 0.670. The maximum absolute atomic E-state index is 11.4. The summed E-state index contributed by atoms with van der Waals surface area (Å²) in [4.78, 5) is 11.4. The van der Waals surface area contributed by atoms with E-state index in [0.29, 0.717) is 18.7 Å². The number of ether oxygens (including phenoxy) is 1. The second-order valence-corrected chi connectivity index (χ2v) is 4.80. The molecule has 0 bridgehead atoms. The molecular formula is C12H22N2O2. The van der Waals surface area contributed by atoms with Gasteiger partial charge in [-0.05, 0) is 31.6 Å². The van der Waals surface area contributed by atoms with Crippen LogP contribution in [-0.4, -0.2) is 37.7 Å². The first-order valence-corrected chi connectivity index (χ1v) is 6.43. The molecule has 1 aliphatic heterocycles. The van der Waals surface area contributed by atoms with Gasteiger partial charge >= 0.3 is 0 Å². The van der Waals surface area contributed by atoms with Crippen LogP contribution in [0.2, 0.25) is 0 Å². The average molecular weight is 226 g/mol. The first-order valence-electron chi connectivity index (χ1n) is 6.43. The van der Waals surface area contributed by atoms with E-state index in [9.17, 15) is 4.79 Å². The van der Waals surface area contributed by atoms with Crippen molar-refractivity contribution in [2.75, 3.05) is 19.7 Å². The molecule has 2 atom stereocenters. The summed E-state index contributed by atoms with van der Waals surface area (Å²) in [6.45, 7) is 4.10. The van der Waals surface area contributed by atoms with Gasteiger partial charge in [0.25, 0.3) is 0 Å². The average Bonchev–Trinajstić information content (AvgIpc) is 3.03. The summed E-state index contributed by atoms with van der Waals surface area (Å²) in [6, 6.07) is 0.389. The van der Waals surface area contributed by atoms with Gasteiger partial charge in [-0.1, -0.05) is 6.92 Å². The van der Waals surface area contributed by atoms with Gasteiger partial charge in [0.2, 0.25) is 5.91 Å². The lowest BCUT2D eigenvalue weighted by molar-refractivity contribution is -0.120. The molecule has 2 N–H and O–H groups in total. The maximum atomic E-state index is 11.4. The van der Waals surface area contributed by atoms with Crippen molar-refractivity contribution in [3.63, 3.8) is 0 Å². The number of hydrogen-bond acceptors (Lipinski definition) is 3. The predicted molar refractivity (Wildman–Crippen MR) is 62.2 cm³/mol. The molecule has 92 valence electrons. The van der Waals surface area contributed by atoms with Crippen LogP contribution in [0.1, 0.15) is 32.6 Å². The Morgan fingerprint density at radius 3 is 2.88 bits per heavy atom. The molecule has 1 saturated carbocycles. The van der Waals surface area contributed by atoms with Gasteiger partial charge in [0, 0.05) is 19.2 Å². The zero-order valence-electron chi connectivity index (χ0n) is 10.00. The highest BCUT2D eigenvalue weighted by Gasteiger charge is 2.40. The van der Waals surface area contributed by atoms with Crippen molar-refractivity contribution in [1.29, 1.82) is 0 Å². The first kappa shape index (κ1) is 11.9. The van der Waals surface area contributed by atoms with E-state index in [1.807, 2.05) is 0 Å². The SMILES string of the molecule is CCCNC(=O)CNC1CCOC1C1CC1. The monoisotopic (exact) mass is 226 g/mol. The van der Waals surface area contributed by atoms with Crippen LogP contribution in [0.25, 0.3) is 0 Å². The first-order chi connectivity index (χ1) is 7.81. The van der Waals surface area contributed by atoms with Gasteiger partial charge in [-0.3, -0.25) is 4.79 Å². The quantitative estimate of drug-likeness (QED) is 0.700. The van der Waals surface area contributed by atoms with Gasteiger partial charge in [0.15, 0.2) is 0 Å². The Bertz CT molecular complexity index is 241. The van der Waals surface area contributed by atoms with Crippen LogP contribution in [0, 0.1) is 5.92 Å². The number of amides is 1. The molecule has 0 aromatic rings. The largest absolute Gasteiger partial charge is 0.376 e. The van der Waals surface area contributed by atoms with Gasteiger partial charge in [-0.25, -0.2) is 0 Å². The van der Waals surface area contributed by atoms with Crippen LogP contribution in [0.5, 0.6) is 0 Å². The Hall–Kier alpha value is -0.610. The minimum atomic E-state index is 0.100. The molecular weight excluding hydrogens is 204 g/mol. The fourth-order valence-corrected chi connectivity index (χ4v) is 2.27. The zero-order chi connectivity index (χ0) is 11.4. The van der Waals surface area contributed by atoms with E-state index in [4.69, 9.17) is 4.74 Å². The highest BCUT2D eigenvalue weighted by Crippen LogP contribution is 2.38. The number of carbonyl (C=O) groups is 1. The number of hydrogen-bond donors (Lipinski definition) is 2. The molecule has 0 aromatic heterocycles. The van der Waals surface area contributed by atoms with Crippen molar-refractivity contribution < 1.29 is 9.53 Å². The molecule has 2 rings (SSSR count). The molecule has 2 aliphatic rings. The Morgan fingerprint density at radius 1 is 1.38 bits per heavy atom. The standard InChI is InChI=1S/C12H22N2O2/c1-2-6-13-11(15)8-14-10-5-7-16-12(10)9-3-4-9/h9-10,12,14H,2-8H2,1H3,(H,13,15). The Kier molecular flexibility index (Phi) is 4.18. The second-order valence-electron chi connectivity index (χ2n) is 4.80. The molecule has 1 aliphatic carbocycles. The second kappa shape index (κ2) is 5.64. The number of nitrogens with one attached hydrogen (secondary N) is 2. The summed E-state index contributed by atoms with van der Waals surface area (Å²) < 4.78 is 5.71. The lowest BCUT2D eigenvalue weighted by Gasteiger charge is -2.19. The summed E-state index contributed by atoms with van der Waals surface area (Å²) in [7, 11) is 0. The van der Waals surface area contributed by atoms with Crippen LogP contribution in [0.15, 0.2) is 0 Å². The van der Waals surface area contributed by atoms with Gasteiger partial charge < -0.3 is 15.4 Å². The summed E-state index contributed by atoms with van der Waals surface area (Å²) in [6.07, 6.45) is 4.99. The third-order valence-corrected chi connectivity index (χ3v) is 3.32. The van der Waals surface area contributed by atoms with Gasteiger partial charge in [-0.15, -0.1) is 0 Å². The molecule has 4 nitrogen and oxygen atoms in total. The fraction of sp³-hybridized carbons (Fsp3) is 0.917. The van der Waals surface area contributed by atoms with Crippen molar-refractivity contribution >= 4 is 5.91 Å². The van der Waals surface area contributed by atoms with Gasteiger partial charge in [0.05, 0.1) is 12.6 Å². The number of rotatable bonds is 6. The molecule has 0 radical (unpaired) electrons. The molecule has 0 aromatic carbocycles. The molecule has 1 saturated heterocycles. The smallest absolute Gasteiger partial charge is 0.233 e. The normalized spacial score (nSPS) is 29.3. The lowest BCUT2D eigenvalue weighted by Crippen LogP contribution is -2.43. The van der Waals surface area contributed by atoms with Crippen molar-refractivity contribution in [2.45, 2.75) is 44.8 Å². The Morgan fingerprint density at radius 2 is 2.19 bits per heavy atom. The molecule has 2 unspecified atom stereocenters. The maximum Gasteiger partial charge on any atom is 0.233 e. The summed E-state index contributed by atoms with van der Waals surface area (Å²) in [5, 5.41) is 6.20. The zero-order valence-corrected chi connectivity index (χ0v) is 10.00. The summed E-state index contributed by atoms with van der Waals surface area (Å²) >= 11 is 0. The minimum Gasteiger partial charge on any atom is -0.376 e. The van der Waals surface area contributed by atoms with Crippen molar-refractivity contribution in [1.82, 2.24) is 10.6 Å². The highest BCUT2D eigenvalue weighted by molar-refractivity contribution is 5.77. The van der Waals surface area contributed by atoms with E-state index < -0.39 is 0 Å². The summed E-state index contributed by atoms with van der Waals surface area (Å²) in [5.74, 6) is 0.849. The molecule has 2 fully saturated rings. The van der Waals surface area contributed by atoms with Crippen molar-refractivity contribution in [3.8, 4) is 0 Å². The molecule has 16 heavy (non-hydrogen) atoms. The summed E-state index contributed by atoms with van der Waals surface area (Å²) in [5.41, 5.74) is 0. The van der Waals surface area contributed by atoms with Crippen LogP contribution < -0.4 is 10.6 Å². The molecule has 0 spiro atoms. The molecule has 1 heterocycles. The van der Waals surface area contributed by atoms with Crippen LogP contribution >= 0.6 is 0 Å². The lowest BCUT2D eigenvalue weighted by atomic mass is 10.1. The van der Waals surface area contributed by atoms with E-state index in [0.717, 1.165) is 31.9 Å². The number of carbonyl (C=O) groups excluding carboxylic acids is 1. The third-order valence-electron chi connectivity index (χ3n) is 3.32. The van der Waals surface area contributed by atoms with Crippen molar-refractivity contribution in [3.05, 3.63) is 0 Å². The van der Waals surface area contributed by atoms with Gasteiger partial charge in [-0.2, -0.15) is 0 Å². The van der Waals surface area contributed by atoms with E-state index in [1.165, 1.54) is 12.8 Å². The fourth-order valence-electron chi connectivity index (χ4n) is 2.27.